The SMILES string of the molecule is Brc1ccc(-c2ccc3ccc4ccc(-c5cccc(-c6ccc7ccc8ccc(-c9ccccc9)nc8c7n6)c5)nc4c3n2)cc1. The molecule has 4 nitrogen and oxygen atoms in total. The van der Waals surface area contributed by atoms with Crippen molar-refractivity contribution in [3.63, 3.8) is 0 Å². The highest BCUT2D eigenvalue weighted by Gasteiger charge is 2.12. The van der Waals surface area contributed by atoms with Gasteiger partial charge in [-0.05, 0) is 42.5 Å². The maximum Gasteiger partial charge on any atom is 0.0972 e. The fourth-order valence-electron chi connectivity index (χ4n) is 6.25. The number of fused-ring (bicyclic) bond motifs is 6. The highest BCUT2D eigenvalue weighted by molar-refractivity contribution is 9.10. The van der Waals surface area contributed by atoms with Gasteiger partial charge in [-0.25, -0.2) is 19.9 Å². The van der Waals surface area contributed by atoms with Crippen LogP contribution in [0, 0.1) is 0 Å². The minimum Gasteiger partial charge on any atom is -0.245 e. The van der Waals surface area contributed by atoms with E-state index in [9.17, 15) is 0 Å². The van der Waals surface area contributed by atoms with Crippen molar-refractivity contribution in [2.75, 3.05) is 0 Å². The summed E-state index contributed by atoms with van der Waals surface area (Å²) in [6.07, 6.45) is 0. The second-order valence-corrected chi connectivity index (χ2v) is 12.6. The minimum absolute atomic E-state index is 0.889. The number of halogens is 1. The summed E-state index contributed by atoms with van der Waals surface area (Å²) in [5.74, 6) is 0. The molecule has 0 aliphatic rings. The zero-order valence-electron chi connectivity index (χ0n) is 25.1. The first-order valence-corrected chi connectivity index (χ1v) is 16.3. The lowest BCUT2D eigenvalue weighted by Crippen LogP contribution is -1.92. The van der Waals surface area contributed by atoms with Crippen molar-refractivity contribution >= 4 is 59.5 Å². The van der Waals surface area contributed by atoms with Crippen LogP contribution in [0.1, 0.15) is 0 Å². The first-order chi connectivity index (χ1) is 23.2. The third-order valence-corrected chi connectivity index (χ3v) is 9.23. The molecule has 0 atom stereocenters. The molecule has 0 amide bonds. The van der Waals surface area contributed by atoms with Crippen LogP contribution in [0.15, 0.2) is 156 Å². The van der Waals surface area contributed by atoms with Gasteiger partial charge in [0.05, 0.1) is 44.8 Å². The van der Waals surface area contributed by atoms with E-state index in [1.165, 1.54) is 0 Å². The van der Waals surface area contributed by atoms with E-state index in [2.05, 4.69) is 137 Å². The molecule has 0 N–H and O–H groups in total. The molecule has 0 saturated carbocycles. The summed E-state index contributed by atoms with van der Waals surface area (Å²) < 4.78 is 1.04. The average Bonchev–Trinajstić information content (AvgIpc) is 3.14. The molecule has 0 aliphatic heterocycles. The molecule has 0 radical (unpaired) electrons. The Labute approximate surface area is 279 Å². The van der Waals surface area contributed by atoms with Crippen LogP contribution in [0.25, 0.3) is 88.6 Å². The summed E-state index contributed by atoms with van der Waals surface area (Å²) in [7, 11) is 0. The summed E-state index contributed by atoms with van der Waals surface area (Å²) in [5, 5.41) is 4.25. The predicted octanol–water partition coefficient (Wildman–Crippen LogP) is 11.3. The van der Waals surface area contributed by atoms with E-state index in [0.717, 1.165) is 93.1 Å². The smallest absolute Gasteiger partial charge is 0.0972 e. The van der Waals surface area contributed by atoms with Gasteiger partial charge in [0.2, 0.25) is 0 Å². The number of benzene rings is 5. The average molecular weight is 666 g/mol. The Morgan fingerprint density at radius 3 is 1.06 bits per heavy atom. The zero-order chi connectivity index (χ0) is 31.3. The quantitative estimate of drug-likeness (QED) is 0.176. The van der Waals surface area contributed by atoms with Crippen LogP contribution in [0.3, 0.4) is 0 Å². The monoisotopic (exact) mass is 664 g/mol. The first-order valence-electron chi connectivity index (χ1n) is 15.5. The van der Waals surface area contributed by atoms with E-state index in [1.807, 2.05) is 30.3 Å². The highest BCUT2D eigenvalue weighted by atomic mass is 79.9. The molecule has 5 heteroatoms. The van der Waals surface area contributed by atoms with E-state index in [0.29, 0.717) is 0 Å². The van der Waals surface area contributed by atoms with Gasteiger partial charge in [0, 0.05) is 48.3 Å². The lowest BCUT2D eigenvalue weighted by atomic mass is 10.0. The number of rotatable bonds is 4. The second kappa shape index (κ2) is 11.2. The molecule has 47 heavy (non-hydrogen) atoms. The van der Waals surface area contributed by atoms with Crippen molar-refractivity contribution in [3.8, 4) is 45.0 Å². The van der Waals surface area contributed by atoms with Gasteiger partial charge in [-0.15, -0.1) is 0 Å². The largest absolute Gasteiger partial charge is 0.245 e. The highest BCUT2D eigenvalue weighted by Crippen LogP contribution is 2.32. The molecule has 4 aromatic heterocycles. The van der Waals surface area contributed by atoms with Crippen LogP contribution in [0.2, 0.25) is 0 Å². The molecular weight excluding hydrogens is 640 g/mol. The topological polar surface area (TPSA) is 51.6 Å². The van der Waals surface area contributed by atoms with Gasteiger partial charge < -0.3 is 0 Å². The van der Waals surface area contributed by atoms with Crippen LogP contribution >= 0.6 is 15.9 Å². The maximum absolute atomic E-state index is 5.19. The molecule has 0 unspecified atom stereocenters. The summed E-state index contributed by atoms with van der Waals surface area (Å²) in [5.41, 5.74) is 11.4. The molecule has 0 saturated heterocycles. The van der Waals surface area contributed by atoms with Crippen LogP contribution in [0.5, 0.6) is 0 Å². The normalized spacial score (nSPS) is 11.5. The van der Waals surface area contributed by atoms with E-state index in [4.69, 9.17) is 19.9 Å². The van der Waals surface area contributed by atoms with E-state index < -0.39 is 0 Å². The molecule has 0 bridgehead atoms. The lowest BCUT2D eigenvalue weighted by molar-refractivity contribution is 1.35. The Bertz CT molecular complexity index is 2630. The Kier molecular flexibility index (Phi) is 6.58. The van der Waals surface area contributed by atoms with Crippen molar-refractivity contribution in [2.24, 2.45) is 0 Å². The van der Waals surface area contributed by atoms with E-state index in [1.54, 1.807) is 0 Å². The van der Waals surface area contributed by atoms with Crippen molar-refractivity contribution in [3.05, 3.63) is 156 Å². The molecule has 9 aromatic rings. The van der Waals surface area contributed by atoms with Crippen LogP contribution < -0.4 is 0 Å². The van der Waals surface area contributed by atoms with Gasteiger partial charge in [0.15, 0.2) is 0 Å². The van der Waals surface area contributed by atoms with E-state index >= 15 is 0 Å². The fraction of sp³-hybridized carbons (Fsp3) is 0. The molecular formula is C42H25BrN4. The molecule has 5 aromatic carbocycles. The van der Waals surface area contributed by atoms with Crippen LogP contribution in [-0.4, -0.2) is 19.9 Å². The van der Waals surface area contributed by atoms with E-state index in [-0.39, 0.29) is 0 Å². The zero-order valence-corrected chi connectivity index (χ0v) is 26.7. The number of nitrogens with zero attached hydrogens (tertiary/aromatic N) is 4. The Morgan fingerprint density at radius 1 is 0.298 bits per heavy atom. The van der Waals surface area contributed by atoms with Crippen LogP contribution in [-0.2, 0) is 0 Å². The lowest BCUT2D eigenvalue weighted by Gasteiger charge is -2.10. The molecule has 9 rings (SSSR count). The maximum atomic E-state index is 5.19. The number of hydrogen-bond acceptors (Lipinski definition) is 4. The summed E-state index contributed by atoms with van der Waals surface area (Å²) in [6, 6.07) is 52.3. The molecule has 0 aliphatic carbocycles. The second-order valence-electron chi connectivity index (χ2n) is 11.7. The Morgan fingerprint density at radius 2 is 0.638 bits per heavy atom. The number of hydrogen-bond donors (Lipinski definition) is 0. The third kappa shape index (κ3) is 5.02. The van der Waals surface area contributed by atoms with Crippen molar-refractivity contribution < 1.29 is 0 Å². The van der Waals surface area contributed by atoms with Gasteiger partial charge in [-0.2, -0.15) is 0 Å². The number of aromatic nitrogens is 4. The van der Waals surface area contributed by atoms with Crippen molar-refractivity contribution in [1.29, 1.82) is 0 Å². The van der Waals surface area contributed by atoms with Crippen molar-refractivity contribution in [2.45, 2.75) is 0 Å². The molecule has 220 valence electrons. The first kappa shape index (κ1) is 27.5. The van der Waals surface area contributed by atoms with Crippen LogP contribution in [0.4, 0.5) is 0 Å². The van der Waals surface area contributed by atoms with Gasteiger partial charge >= 0.3 is 0 Å². The summed E-state index contributed by atoms with van der Waals surface area (Å²) in [4.78, 5) is 20.5. The van der Waals surface area contributed by atoms with Gasteiger partial charge in [0.25, 0.3) is 0 Å². The molecule has 4 heterocycles. The molecule has 0 fully saturated rings. The summed E-state index contributed by atoms with van der Waals surface area (Å²) >= 11 is 3.53. The van der Waals surface area contributed by atoms with Gasteiger partial charge in [0.1, 0.15) is 0 Å². The minimum atomic E-state index is 0.889. The summed E-state index contributed by atoms with van der Waals surface area (Å²) in [6.45, 7) is 0. The van der Waals surface area contributed by atoms with Gasteiger partial charge in [-0.1, -0.05) is 125 Å². The number of pyridine rings is 4. The third-order valence-electron chi connectivity index (χ3n) is 8.70. The Hall–Kier alpha value is -5.78. The Balaban J connectivity index is 1.14. The fourth-order valence-corrected chi connectivity index (χ4v) is 6.51. The predicted molar refractivity (Wildman–Crippen MR) is 197 cm³/mol. The van der Waals surface area contributed by atoms with Gasteiger partial charge in [-0.3, -0.25) is 0 Å². The standard InChI is InChI=1S/C42H25BrN4/c43-34-19-13-27(14-20-34)36-22-16-29-10-12-31-18-24-38(47-42(31)40(29)45-36)33-8-4-7-32(25-33)37-23-17-30-11-9-28-15-21-35(26-5-2-1-3-6-26)44-39(28)41(30)46-37/h1-25H. The molecule has 0 spiro atoms. The van der Waals surface area contributed by atoms with Crippen molar-refractivity contribution in [1.82, 2.24) is 19.9 Å².